The first kappa shape index (κ1) is 20.7. The maximum atomic E-state index is 12.4. The zero-order valence-electron chi connectivity index (χ0n) is 17.4. The molecule has 6 heteroatoms. The van der Waals surface area contributed by atoms with Gasteiger partial charge < -0.3 is 14.6 Å². The fourth-order valence-electron chi connectivity index (χ4n) is 3.57. The molecule has 1 amide bonds. The van der Waals surface area contributed by atoms with Crippen molar-refractivity contribution in [3.8, 4) is 0 Å². The predicted molar refractivity (Wildman–Crippen MR) is 121 cm³/mol. The Labute approximate surface area is 181 Å². The van der Waals surface area contributed by atoms with Crippen LogP contribution in [0.1, 0.15) is 40.2 Å². The number of para-hydroxylation sites is 1. The number of anilines is 1. The molecule has 1 aromatic heterocycles. The first-order valence-electron chi connectivity index (χ1n) is 10.3. The summed E-state index contributed by atoms with van der Waals surface area (Å²) in [5.74, 6) is 0.709. The summed E-state index contributed by atoms with van der Waals surface area (Å²) < 4.78 is 8.11. The van der Waals surface area contributed by atoms with Crippen LogP contribution in [0.3, 0.4) is 0 Å². The van der Waals surface area contributed by atoms with Gasteiger partial charge in [-0.15, -0.1) is 0 Å². The maximum absolute atomic E-state index is 12.4. The Morgan fingerprint density at radius 2 is 1.93 bits per heavy atom. The van der Waals surface area contributed by atoms with Gasteiger partial charge in [-0.2, -0.15) is 0 Å². The molecule has 1 atom stereocenters. The van der Waals surface area contributed by atoms with Gasteiger partial charge in [0.1, 0.15) is 0 Å². The van der Waals surface area contributed by atoms with Gasteiger partial charge >= 0.3 is 0 Å². The number of nitrogens with one attached hydrogen (secondary N) is 1. The number of aryl methyl sites for hydroxylation is 1. The highest BCUT2D eigenvalue weighted by atomic mass is 32.2. The van der Waals surface area contributed by atoms with Gasteiger partial charge in [0.2, 0.25) is 0 Å². The fraction of sp³-hybridized carbons (Fsp3) is 0.333. The molecule has 30 heavy (non-hydrogen) atoms. The molecule has 2 aromatic carbocycles. The molecule has 2 heterocycles. The summed E-state index contributed by atoms with van der Waals surface area (Å²) in [4.78, 5) is 17.2. The van der Waals surface area contributed by atoms with Crippen LogP contribution in [-0.2, 0) is 17.0 Å². The number of ether oxygens (including phenoxy) is 1. The van der Waals surface area contributed by atoms with Gasteiger partial charge in [-0.25, -0.2) is 4.98 Å². The van der Waals surface area contributed by atoms with E-state index in [0.29, 0.717) is 11.7 Å². The smallest absolute Gasteiger partial charge is 0.255 e. The quantitative estimate of drug-likeness (QED) is 0.531. The normalized spacial score (nSPS) is 16.0. The lowest BCUT2D eigenvalue weighted by molar-refractivity contribution is 0.0944. The Hall–Kier alpha value is -2.57. The first-order valence-corrected chi connectivity index (χ1v) is 11.3. The van der Waals surface area contributed by atoms with Gasteiger partial charge in [-0.1, -0.05) is 42.1 Å². The van der Waals surface area contributed by atoms with E-state index in [2.05, 4.69) is 23.7 Å². The van der Waals surface area contributed by atoms with Crippen molar-refractivity contribution in [3.63, 3.8) is 0 Å². The largest absolute Gasteiger partial charge is 0.376 e. The van der Waals surface area contributed by atoms with Crippen LogP contribution < -0.4 is 5.32 Å². The van der Waals surface area contributed by atoms with Crippen molar-refractivity contribution >= 4 is 23.4 Å². The van der Waals surface area contributed by atoms with Crippen LogP contribution in [0.15, 0.2) is 59.8 Å². The summed E-state index contributed by atoms with van der Waals surface area (Å²) >= 11 is 1.73. The zero-order chi connectivity index (χ0) is 20.9. The number of carbonyl (C=O) groups excluding carboxylic acids is 1. The molecule has 0 radical (unpaired) electrons. The van der Waals surface area contributed by atoms with E-state index in [0.717, 1.165) is 48.3 Å². The van der Waals surface area contributed by atoms with E-state index in [9.17, 15) is 4.79 Å². The molecule has 4 rings (SSSR count). The van der Waals surface area contributed by atoms with E-state index in [4.69, 9.17) is 9.72 Å². The minimum absolute atomic E-state index is 0.0984. The van der Waals surface area contributed by atoms with E-state index in [1.54, 1.807) is 11.8 Å². The molecule has 1 saturated heterocycles. The van der Waals surface area contributed by atoms with Gasteiger partial charge in [-0.05, 0) is 56.5 Å². The molecule has 156 valence electrons. The first-order chi connectivity index (χ1) is 14.6. The predicted octanol–water partition coefficient (Wildman–Crippen LogP) is 5.22. The minimum atomic E-state index is -0.0984. The Balaban J connectivity index is 1.38. The average molecular weight is 422 g/mol. The van der Waals surface area contributed by atoms with E-state index in [1.165, 1.54) is 11.3 Å². The second-order valence-electron chi connectivity index (χ2n) is 7.62. The van der Waals surface area contributed by atoms with Crippen LogP contribution in [0.4, 0.5) is 5.69 Å². The van der Waals surface area contributed by atoms with Gasteiger partial charge in [0.15, 0.2) is 5.16 Å². The molecule has 1 unspecified atom stereocenters. The van der Waals surface area contributed by atoms with Gasteiger partial charge in [0.05, 0.1) is 18.3 Å². The number of carbonyl (C=O) groups is 1. The van der Waals surface area contributed by atoms with Gasteiger partial charge in [0, 0.05) is 29.3 Å². The third-order valence-corrected chi connectivity index (χ3v) is 6.50. The summed E-state index contributed by atoms with van der Waals surface area (Å²) in [5, 5.41) is 3.95. The van der Waals surface area contributed by atoms with Gasteiger partial charge in [0.25, 0.3) is 5.91 Å². The molecule has 1 aliphatic heterocycles. The summed E-state index contributed by atoms with van der Waals surface area (Å²) in [7, 11) is 0. The average Bonchev–Trinajstić information content (AvgIpc) is 3.37. The van der Waals surface area contributed by atoms with Crippen molar-refractivity contribution in [2.24, 2.45) is 0 Å². The maximum Gasteiger partial charge on any atom is 0.255 e. The molecule has 1 aliphatic rings. The molecule has 0 saturated carbocycles. The van der Waals surface area contributed by atoms with Crippen LogP contribution in [0, 0.1) is 13.8 Å². The molecule has 1 N–H and O–H groups in total. The van der Waals surface area contributed by atoms with Crippen molar-refractivity contribution in [1.29, 1.82) is 0 Å². The Bertz CT molecular complexity index is 993. The van der Waals surface area contributed by atoms with E-state index in [1.807, 2.05) is 54.6 Å². The Morgan fingerprint density at radius 1 is 1.17 bits per heavy atom. The zero-order valence-corrected chi connectivity index (χ0v) is 18.2. The standard InChI is InChI=1S/C24H27N3O2S/c1-17-18(2)27(15-22-9-6-14-29-22)24(25-17)30-16-19-10-12-20(13-11-19)23(28)26-21-7-4-3-5-8-21/h3-5,7-8,10-13,22H,6,9,14-16H2,1-2H3,(H,26,28). The Morgan fingerprint density at radius 3 is 2.63 bits per heavy atom. The summed E-state index contributed by atoms with van der Waals surface area (Å²) in [6.45, 7) is 5.92. The highest BCUT2D eigenvalue weighted by Crippen LogP contribution is 2.27. The van der Waals surface area contributed by atoms with E-state index < -0.39 is 0 Å². The number of nitrogens with zero attached hydrogens (tertiary/aromatic N) is 2. The molecular formula is C24H27N3O2S. The lowest BCUT2D eigenvalue weighted by Gasteiger charge is -2.14. The van der Waals surface area contributed by atoms with E-state index >= 15 is 0 Å². The van der Waals surface area contributed by atoms with Crippen LogP contribution in [0.5, 0.6) is 0 Å². The molecular weight excluding hydrogens is 394 g/mol. The number of amides is 1. The molecule has 1 fully saturated rings. The lowest BCUT2D eigenvalue weighted by atomic mass is 10.1. The number of hydrogen-bond donors (Lipinski definition) is 1. The number of benzene rings is 2. The Kier molecular flexibility index (Phi) is 6.55. The van der Waals surface area contributed by atoms with Crippen molar-refractivity contribution < 1.29 is 9.53 Å². The van der Waals surface area contributed by atoms with Crippen molar-refractivity contribution in [1.82, 2.24) is 9.55 Å². The second kappa shape index (κ2) is 9.49. The minimum Gasteiger partial charge on any atom is -0.376 e. The van der Waals surface area contributed by atoms with Crippen LogP contribution in [0.25, 0.3) is 0 Å². The number of rotatable bonds is 7. The molecule has 0 aliphatic carbocycles. The highest BCUT2D eigenvalue weighted by Gasteiger charge is 2.20. The van der Waals surface area contributed by atoms with E-state index in [-0.39, 0.29) is 5.91 Å². The monoisotopic (exact) mass is 421 g/mol. The van der Waals surface area contributed by atoms with Crippen molar-refractivity contribution in [2.75, 3.05) is 11.9 Å². The van der Waals surface area contributed by atoms with Crippen LogP contribution >= 0.6 is 11.8 Å². The number of aromatic nitrogens is 2. The molecule has 5 nitrogen and oxygen atoms in total. The van der Waals surface area contributed by atoms with Crippen LogP contribution in [-0.4, -0.2) is 28.2 Å². The van der Waals surface area contributed by atoms with Crippen molar-refractivity contribution in [3.05, 3.63) is 77.1 Å². The number of thioether (sulfide) groups is 1. The molecule has 0 spiro atoms. The molecule has 3 aromatic rings. The molecule has 0 bridgehead atoms. The summed E-state index contributed by atoms with van der Waals surface area (Å²) in [5.41, 5.74) is 4.90. The van der Waals surface area contributed by atoms with Crippen LogP contribution in [0.2, 0.25) is 0 Å². The van der Waals surface area contributed by atoms with Crippen molar-refractivity contribution in [2.45, 2.75) is 50.2 Å². The third-order valence-electron chi connectivity index (χ3n) is 5.45. The third kappa shape index (κ3) is 4.94. The summed E-state index contributed by atoms with van der Waals surface area (Å²) in [6, 6.07) is 17.3. The SMILES string of the molecule is Cc1nc(SCc2ccc(C(=O)Nc3ccccc3)cc2)n(CC2CCCO2)c1C. The second-order valence-corrected chi connectivity index (χ2v) is 8.56. The number of hydrogen-bond acceptors (Lipinski definition) is 4. The van der Waals surface area contributed by atoms with Gasteiger partial charge in [-0.3, -0.25) is 4.79 Å². The topological polar surface area (TPSA) is 56.2 Å². The lowest BCUT2D eigenvalue weighted by Crippen LogP contribution is -2.16. The fourth-order valence-corrected chi connectivity index (χ4v) is 4.62. The number of imidazole rings is 1. The highest BCUT2D eigenvalue weighted by molar-refractivity contribution is 7.98. The summed E-state index contributed by atoms with van der Waals surface area (Å²) in [6.07, 6.45) is 2.55.